The number of aliphatic hydroxyl groups is 1. The fourth-order valence-electron chi connectivity index (χ4n) is 4.70. The molecule has 2 atom stereocenters. The summed E-state index contributed by atoms with van der Waals surface area (Å²) in [7, 11) is 0. The molecule has 0 aromatic heterocycles. The SMILES string of the molecule is O=C(O)c1ccc(C(F)(F)F)cc1-c1ccc2c(c1)OC[C@H](Cc1ccc(-c3ccccc3)cc1)C2O. The van der Waals surface area contributed by atoms with Crippen LogP contribution >= 0.6 is 0 Å². The second-order valence-electron chi connectivity index (χ2n) is 9.10. The molecule has 0 amide bonds. The van der Waals surface area contributed by atoms with Crippen LogP contribution in [0.15, 0.2) is 91.0 Å². The molecule has 7 heteroatoms. The van der Waals surface area contributed by atoms with E-state index < -0.39 is 23.8 Å². The van der Waals surface area contributed by atoms with Crippen LogP contribution in [0.4, 0.5) is 13.2 Å². The molecule has 188 valence electrons. The third-order valence-corrected chi connectivity index (χ3v) is 6.68. The van der Waals surface area contributed by atoms with Gasteiger partial charge in [0, 0.05) is 11.5 Å². The number of benzene rings is 4. The number of aromatic carboxylic acids is 1. The number of carbonyl (C=O) groups is 1. The number of hydrogen-bond donors (Lipinski definition) is 2. The zero-order valence-corrected chi connectivity index (χ0v) is 19.6. The minimum absolute atomic E-state index is 0.0659. The van der Waals surface area contributed by atoms with Crippen molar-refractivity contribution in [3.8, 4) is 28.0 Å². The summed E-state index contributed by atoms with van der Waals surface area (Å²) in [5.74, 6) is -1.22. The minimum Gasteiger partial charge on any atom is -0.493 e. The molecule has 0 spiro atoms. The second-order valence-corrected chi connectivity index (χ2v) is 9.10. The minimum atomic E-state index is -4.61. The van der Waals surface area contributed by atoms with Gasteiger partial charge < -0.3 is 14.9 Å². The van der Waals surface area contributed by atoms with Crippen molar-refractivity contribution < 1.29 is 32.9 Å². The highest BCUT2D eigenvalue weighted by Gasteiger charge is 2.33. The maximum absolute atomic E-state index is 13.3. The number of alkyl halides is 3. The zero-order valence-electron chi connectivity index (χ0n) is 19.6. The van der Waals surface area contributed by atoms with Crippen LogP contribution < -0.4 is 4.74 Å². The van der Waals surface area contributed by atoms with Crippen molar-refractivity contribution in [1.29, 1.82) is 0 Å². The molecule has 4 nitrogen and oxygen atoms in total. The highest BCUT2D eigenvalue weighted by atomic mass is 19.4. The topological polar surface area (TPSA) is 66.8 Å². The first-order valence-electron chi connectivity index (χ1n) is 11.7. The second kappa shape index (κ2) is 9.75. The normalized spacial score (nSPS) is 17.1. The number of hydrogen-bond acceptors (Lipinski definition) is 3. The molecule has 1 unspecified atom stereocenters. The summed E-state index contributed by atoms with van der Waals surface area (Å²) in [5, 5.41) is 20.6. The summed E-state index contributed by atoms with van der Waals surface area (Å²) >= 11 is 0. The lowest BCUT2D eigenvalue weighted by Gasteiger charge is -2.31. The van der Waals surface area contributed by atoms with Crippen molar-refractivity contribution in [3.63, 3.8) is 0 Å². The summed E-state index contributed by atoms with van der Waals surface area (Å²) in [6.45, 7) is 0.215. The molecule has 2 N–H and O–H groups in total. The predicted octanol–water partition coefficient (Wildman–Crippen LogP) is 7.02. The molecule has 1 heterocycles. The highest BCUT2D eigenvalue weighted by molar-refractivity contribution is 5.96. The Labute approximate surface area is 211 Å². The van der Waals surface area contributed by atoms with Crippen LogP contribution in [0, 0.1) is 5.92 Å². The number of rotatable bonds is 5. The number of aliphatic hydroxyl groups excluding tert-OH is 1. The van der Waals surface area contributed by atoms with E-state index in [1.165, 1.54) is 12.1 Å². The van der Waals surface area contributed by atoms with E-state index in [0.717, 1.165) is 34.9 Å². The number of carboxylic acid groups (broad SMARTS) is 1. The van der Waals surface area contributed by atoms with Gasteiger partial charge in [0.15, 0.2) is 0 Å². The smallest absolute Gasteiger partial charge is 0.416 e. The monoisotopic (exact) mass is 504 g/mol. The van der Waals surface area contributed by atoms with Gasteiger partial charge in [0.1, 0.15) is 5.75 Å². The number of ether oxygens (including phenoxy) is 1. The molecule has 1 aliphatic heterocycles. The average Bonchev–Trinajstić information content (AvgIpc) is 2.90. The van der Waals surface area contributed by atoms with Gasteiger partial charge in [-0.3, -0.25) is 0 Å². The molecule has 4 aromatic carbocycles. The quantitative estimate of drug-likeness (QED) is 0.307. The number of halogens is 3. The molecule has 0 bridgehead atoms. The number of carboxylic acids is 1. The van der Waals surface area contributed by atoms with E-state index in [1.807, 2.05) is 54.6 Å². The highest BCUT2D eigenvalue weighted by Crippen LogP contribution is 2.41. The lowest BCUT2D eigenvalue weighted by molar-refractivity contribution is -0.137. The molecule has 0 saturated carbocycles. The third kappa shape index (κ3) is 5.08. The Morgan fingerprint density at radius 1 is 0.865 bits per heavy atom. The molecule has 0 aliphatic carbocycles. The fraction of sp³-hybridized carbons (Fsp3) is 0.167. The van der Waals surface area contributed by atoms with E-state index in [2.05, 4.69) is 0 Å². The number of fused-ring (bicyclic) bond motifs is 1. The summed E-state index contributed by atoms with van der Waals surface area (Å²) in [6, 6.07) is 25.3. The van der Waals surface area contributed by atoms with Gasteiger partial charge in [-0.1, -0.05) is 66.7 Å². The van der Waals surface area contributed by atoms with E-state index in [-0.39, 0.29) is 29.2 Å². The lowest BCUT2D eigenvalue weighted by Crippen LogP contribution is -2.27. The van der Waals surface area contributed by atoms with E-state index in [0.29, 0.717) is 17.7 Å². The van der Waals surface area contributed by atoms with Gasteiger partial charge >= 0.3 is 12.1 Å². The fourth-order valence-corrected chi connectivity index (χ4v) is 4.70. The van der Waals surface area contributed by atoms with Crippen molar-refractivity contribution in [3.05, 3.63) is 113 Å². The summed E-state index contributed by atoms with van der Waals surface area (Å²) in [6.07, 6.45) is -4.87. The van der Waals surface area contributed by atoms with Crippen LogP contribution in [0.25, 0.3) is 22.3 Å². The predicted molar refractivity (Wildman–Crippen MR) is 133 cm³/mol. The van der Waals surface area contributed by atoms with Gasteiger partial charge in [0.05, 0.1) is 23.8 Å². The molecule has 1 aliphatic rings. The van der Waals surface area contributed by atoms with Crippen LogP contribution in [0.3, 0.4) is 0 Å². The Kier molecular flexibility index (Phi) is 6.48. The van der Waals surface area contributed by atoms with Gasteiger partial charge in [-0.15, -0.1) is 0 Å². The standard InChI is InChI=1S/C30H23F3O4/c31-30(32,33)23-11-13-24(29(35)36)26(16-23)21-10-12-25-27(15-21)37-17-22(28(25)34)14-18-6-8-20(9-7-18)19-4-2-1-3-5-19/h1-13,15-16,22,28,34H,14,17H2,(H,35,36)/t22-,28?/m0/s1. The third-order valence-electron chi connectivity index (χ3n) is 6.68. The zero-order chi connectivity index (χ0) is 26.2. The maximum Gasteiger partial charge on any atom is 0.416 e. The molecule has 5 rings (SSSR count). The van der Waals surface area contributed by atoms with E-state index in [9.17, 15) is 28.2 Å². The van der Waals surface area contributed by atoms with Gasteiger partial charge in [0.2, 0.25) is 0 Å². The molecular formula is C30H23F3O4. The Balaban J connectivity index is 1.38. The van der Waals surface area contributed by atoms with Crippen molar-refractivity contribution in [2.24, 2.45) is 5.92 Å². The summed E-state index contributed by atoms with van der Waals surface area (Å²) in [4.78, 5) is 11.7. The van der Waals surface area contributed by atoms with Crippen LogP contribution in [0.2, 0.25) is 0 Å². The summed E-state index contributed by atoms with van der Waals surface area (Å²) in [5.41, 5.74) is 2.79. The molecule has 0 saturated heterocycles. The first kappa shape index (κ1) is 24.6. The lowest BCUT2D eigenvalue weighted by atomic mass is 9.86. The van der Waals surface area contributed by atoms with Gasteiger partial charge in [-0.25, -0.2) is 4.79 Å². The van der Waals surface area contributed by atoms with Crippen molar-refractivity contribution in [2.75, 3.05) is 6.61 Å². The van der Waals surface area contributed by atoms with E-state index in [1.54, 1.807) is 6.07 Å². The Morgan fingerprint density at radius 3 is 2.22 bits per heavy atom. The van der Waals surface area contributed by atoms with Gasteiger partial charge in [-0.05, 0) is 58.5 Å². The van der Waals surface area contributed by atoms with Crippen molar-refractivity contribution >= 4 is 5.97 Å². The van der Waals surface area contributed by atoms with E-state index in [4.69, 9.17) is 4.74 Å². The largest absolute Gasteiger partial charge is 0.493 e. The van der Waals surface area contributed by atoms with Gasteiger partial charge in [0.25, 0.3) is 0 Å². The van der Waals surface area contributed by atoms with Crippen LogP contribution in [0.5, 0.6) is 5.75 Å². The maximum atomic E-state index is 13.3. The average molecular weight is 505 g/mol. The first-order chi connectivity index (χ1) is 17.7. The molecule has 37 heavy (non-hydrogen) atoms. The van der Waals surface area contributed by atoms with Crippen LogP contribution in [0.1, 0.15) is 33.2 Å². The Bertz CT molecular complexity index is 1430. The van der Waals surface area contributed by atoms with Crippen LogP contribution in [-0.2, 0) is 12.6 Å². The summed E-state index contributed by atoms with van der Waals surface area (Å²) < 4.78 is 45.7. The van der Waals surface area contributed by atoms with Crippen molar-refractivity contribution in [1.82, 2.24) is 0 Å². The van der Waals surface area contributed by atoms with E-state index >= 15 is 0 Å². The Hall–Kier alpha value is -4.10. The van der Waals surface area contributed by atoms with Crippen molar-refractivity contribution in [2.45, 2.75) is 18.7 Å². The molecule has 0 fully saturated rings. The first-order valence-corrected chi connectivity index (χ1v) is 11.7. The molecule has 4 aromatic rings. The Morgan fingerprint density at radius 2 is 1.54 bits per heavy atom. The van der Waals surface area contributed by atoms with Crippen LogP contribution in [-0.4, -0.2) is 22.8 Å². The molecule has 0 radical (unpaired) electrons. The molecular weight excluding hydrogens is 481 g/mol. The van der Waals surface area contributed by atoms with Gasteiger partial charge in [-0.2, -0.15) is 13.2 Å².